The van der Waals surface area contributed by atoms with Crippen molar-refractivity contribution >= 4 is 8.35 Å². The lowest BCUT2D eigenvalue weighted by molar-refractivity contribution is -0.529. The average molecular weight is 129 g/mol. The molecule has 0 aliphatic rings. The van der Waals surface area contributed by atoms with Crippen molar-refractivity contribution in [3.05, 3.63) is 33.5 Å². The Kier molecular flexibility index (Phi) is 1.31. The summed E-state index contributed by atoms with van der Waals surface area (Å²) in [4.78, 5) is 10.3. The molecule has 0 radical (unpaired) electrons. The van der Waals surface area contributed by atoms with Crippen LogP contribution in [0.5, 0.6) is 0 Å². The molecule has 0 saturated carbocycles. The summed E-state index contributed by atoms with van der Waals surface area (Å²) in [7, 11) is -0.254. The van der Waals surface area contributed by atoms with Crippen LogP contribution in [0.3, 0.4) is 0 Å². The van der Waals surface area contributed by atoms with E-state index in [0.717, 1.165) is 0 Å². The molecule has 0 aliphatic carbocycles. The van der Waals surface area contributed by atoms with Gasteiger partial charge in [-0.3, -0.25) is 4.79 Å². The van der Waals surface area contributed by atoms with E-state index >= 15 is 0 Å². The molecule has 1 heterocycles. The number of rotatable bonds is 0. The van der Waals surface area contributed by atoms with Gasteiger partial charge in [0.05, 0.1) is 0 Å². The van der Waals surface area contributed by atoms with Crippen molar-refractivity contribution in [1.82, 2.24) is 0 Å². The summed E-state index contributed by atoms with van der Waals surface area (Å²) in [5.41, 5.74) is 0. The van der Waals surface area contributed by atoms with Gasteiger partial charge < -0.3 is 5.21 Å². The third kappa shape index (κ3) is 1.07. The molecule has 42 valence electrons. The van der Waals surface area contributed by atoms with Crippen LogP contribution >= 0.6 is 8.35 Å². The zero-order valence-electron chi connectivity index (χ0n) is 4.00. The normalized spacial score (nSPS) is 10.0. The van der Waals surface area contributed by atoms with E-state index in [-0.39, 0.29) is 13.5 Å². The van der Waals surface area contributed by atoms with Crippen LogP contribution in [0.4, 0.5) is 0 Å². The highest BCUT2D eigenvalue weighted by Gasteiger charge is 1.84. The van der Waals surface area contributed by atoms with E-state index in [1.807, 2.05) is 0 Å². The second-order valence-electron chi connectivity index (χ2n) is 1.31. The Bertz CT molecular complexity index is 231. The monoisotopic (exact) mass is 129 g/mol. The Hall–Kier alpha value is -0.820. The second-order valence-corrected chi connectivity index (χ2v) is 2.47. The maximum absolute atomic E-state index is 10.3. The molecule has 1 unspecified atom stereocenters. The van der Waals surface area contributed by atoms with Gasteiger partial charge in [-0.25, -0.2) is 0 Å². The van der Waals surface area contributed by atoms with Crippen LogP contribution in [0.1, 0.15) is 0 Å². The van der Waals surface area contributed by atoms with Crippen LogP contribution in [0, 0.1) is 5.21 Å². The fourth-order valence-corrected chi connectivity index (χ4v) is 0.940. The predicted molar refractivity (Wildman–Crippen MR) is 31.2 cm³/mol. The van der Waals surface area contributed by atoms with E-state index in [2.05, 4.69) is 0 Å². The van der Waals surface area contributed by atoms with Crippen molar-refractivity contribution in [1.29, 1.82) is 0 Å². The zero-order chi connectivity index (χ0) is 5.98. The van der Waals surface area contributed by atoms with E-state index in [1.165, 1.54) is 18.3 Å². The lowest BCUT2D eigenvalue weighted by Crippen LogP contribution is -2.21. The van der Waals surface area contributed by atoms with Crippen molar-refractivity contribution in [3.63, 3.8) is 0 Å². The first-order chi connectivity index (χ1) is 3.79. The van der Waals surface area contributed by atoms with Gasteiger partial charge in [0.1, 0.15) is 0 Å². The van der Waals surface area contributed by atoms with Crippen molar-refractivity contribution in [2.45, 2.75) is 0 Å². The molecular weight excluding hydrogens is 125 g/mol. The number of nitrogens with zero attached hydrogens (tertiary/aromatic N) is 1. The molecule has 0 aromatic carbocycles. The number of hydrogen-bond acceptors (Lipinski definition) is 2. The smallest absolute Gasteiger partial charge is 0.255 e. The van der Waals surface area contributed by atoms with Crippen molar-refractivity contribution in [2.24, 2.45) is 0 Å². The topological polar surface area (TPSA) is 44.0 Å². The molecule has 1 rings (SSSR count). The predicted octanol–water partition coefficient (Wildman–Crippen LogP) is -0.288. The molecular formula is C4H4NO2P. The molecule has 8 heavy (non-hydrogen) atoms. The summed E-state index contributed by atoms with van der Waals surface area (Å²) in [6, 6.07) is 2.85. The quantitative estimate of drug-likeness (QED) is 0.452. The van der Waals surface area contributed by atoms with E-state index in [0.29, 0.717) is 4.49 Å². The lowest BCUT2D eigenvalue weighted by atomic mass is 10.6. The van der Waals surface area contributed by atoms with Gasteiger partial charge in [0.25, 0.3) is 5.16 Å². The summed E-state index contributed by atoms with van der Waals surface area (Å²) in [6.07, 6.45) is 1.33. The van der Waals surface area contributed by atoms with Gasteiger partial charge >= 0.3 is 0 Å². The summed E-state index contributed by atoms with van der Waals surface area (Å²) < 4.78 is 0.627. The Labute approximate surface area is 47.3 Å². The standard InChI is InChI=1S/C4H4NO2P/c6-4-2-1-3-5(7)8-4/h1-3,8H. The van der Waals surface area contributed by atoms with Gasteiger partial charge in [-0.1, -0.05) is 0 Å². The summed E-state index contributed by atoms with van der Waals surface area (Å²) in [5, 5.41) is 10.2. The fourth-order valence-electron chi connectivity index (χ4n) is 0.392. The van der Waals surface area contributed by atoms with Crippen LogP contribution in [-0.4, -0.2) is 0 Å². The van der Waals surface area contributed by atoms with E-state index in [4.69, 9.17) is 0 Å². The molecule has 3 nitrogen and oxygen atoms in total. The van der Waals surface area contributed by atoms with Gasteiger partial charge in [-0.15, -0.1) is 0 Å². The minimum absolute atomic E-state index is 0.109. The minimum atomic E-state index is -0.254. The SMILES string of the molecule is O=c1ccc[n+]([O-])[pH]1. The van der Waals surface area contributed by atoms with Crippen LogP contribution < -0.4 is 9.65 Å². The van der Waals surface area contributed by atoms with Crippen molar-refractivity contribution in [3.8, 4) is 0 Å². The minimum Gasteiger partial charge on any atom is -0.617 e. The summed E-state index contributed by atoms with van der Waals surface area (Å²) >= 11 is 0. The van der Waals surface area contributed by atoms with Crippen molar-refractivity contribution < 1.29 is 4.49 Å². The van der Waals surface area contributed by atoms with Crippen LogP contribution in [-0.2, 0) is 0 Å². The van der Waals surface area contributed by atoms with E-state index in [9.17, 15) is 10.0 Å². The first kappa shape index (κ1) is 5.32. The molecule has 0 fully saturated rings. The first-order valence-corrected chi connectivity index (χ1v) is 3.02. The first-order valence-electron chi connectivity index (χ1n) is 2.07. The Morgan fingerprint density at radius 3 is 2.88 bits per heavy atom. The van der Waals surface area contributed by atoms with Gasteiger partial charge in [0.2, 0.25) is 0 Å². The molecule has 1 aromatic rings. The lowest BCUT2D eigenvalue weighted by Gasteiger charge is -1.87. The molecule has 0 amide bonds. The molecule has 0 N–H and O–H groups in total. The summed E-state index contributed by atoms with van der Waals surface area (Å²) in [5.74, 6) is 0. The second kappa shape index (κ2) is 1.97. The molecule has 0 saturated heterocycles. The maximum Gasteiger partial charge on any atom is 0.255 e. The van der Waals surface area contributed by atoms with E-state index < -0.39 is 0 Å². The molecule has 0 aliphatic heterocycles. The Morgan fingerprint density at radius 2 is 2.50 bits per heavy atom. The van der Waals surface area contributed by atoms with Crippen LogP contribution in [0.15, 0.2) is 23.1 Å². The highest BCUT2D eigenvalue weighted by molar-refractivity contribution is 7.20. The molecule has 0 bridgehead atoms. The van der Waals surface area contributed by atoms with Crippen molar-refractivity contribution in [2.75, 3.05) is 0 Å². The highest BCUT2D eigenvalue weighted by atomic mass is 31.0. The van der Waals surface area contributed by atoms with Gasteiger partial charge in [-0.05, 0) is 0 Å². The zero-order valence-corrected chi connectivity index (χ0v) is 5.00. The number of hydrogen-bond donors (Lipinski definition) is 0. The molecule has 4 heteroatoms. The van der Waals surface area contributed by atoms with Crippen LogP contribution in [0.25, 0.3) is 0 Å². The highest BCUT2D eigenvalue weighted by Crippen LogP contribution is 1.78. The Morgan fingerprint density at radius 1 is 1.75 bits per heavy atom. The molecule has 1 atom stereocenters. The van der Waals surface area contributed by atoms with Gasteiger partial charge in [-0.2, -0.15) is 4.49 Å². The average Bonchev–Trinajstić information content (AvgIpc) is 1.64. The largest absolute Gasteiger partial charge is 0.617 e. The molecule has 0 spiro atoms. The van der Waals surface area contributed by atoms with Gasteiger partial charge in [0, 0.05) is 12.1 Å². The van der Waals surface area contributed by atoms with Gasteiger partial charge in [0.15, 0.2) is 14.5 Å². The maximum atomic E-state index is 10.3. The fraction of sp³-hybridized carbons (Fsp3) is 0. The summed E-state index contributed by atoms with van der Waals surface area (Å²) in [6.45, 7) is 0. The van der Waals surface area contributed by atoms with Crippen LogP contribution in [0.2, 0.25) is 0 Å². The van der Waals surface area contributed by atoms with E-state index in [1.54, 1.807) is 0 Å². The number of aromatic nitrogens is 1. The third-order valence-electron chi connectivity index (χ3n) is 0.689. The molecule has 1 aromatic heterocycles. The third-order valence-corrected chi connectivity index (χ3v) is 1.45. The Balaban J connectivity index is 3.28.